The highest BCUT2D eigenvalue weighted by Crippen LogP contribution is 2.19. The highest BCUT2D eigenvalue weighted by Gasteiger charge is 2.07. The molecule has 0 spiro atoms. The molecule has 0 aromatic carbocycles. The van der Waals surface area contributed by atoms with Gasteiger partial charge in [-0.2, -0.15) is 0 Å². The summed E-state index contributed by atoms with van der Waals surface area (Å²) in [6.07, 6.45) is 8.75. The first-order chi connectivity index (χ1) is 8.47. The normalized spacial score (nSPS) is 12.3. The highest BCUT2D eigenvalue weighted by molar-refractivity contribution is 5.15. The van der Waals surface area contributed by atoms with Crippen molar-refractivity contribution >= 4 is 0 Å². The molecule has 1 heteroatoms. The second-order valence-corrected chi connectivity index (χ2v) is 5.77. The first-order valence-electron chi connectivity index (χ1n) is 7.45. The molecular weight excluding hydrogens is 220 g/mol. The van der Waals surface area contributed by atoms with Crippen LogP contribution in [0.25, 0.3) is 0 Å². The lowest BCUT2D eigenvalue weighted by atomic mass is 9.97. The third kappa shape index (κ3) is 9.47. The van der Waals surface area contributed by atoms with Crippen molar-refractivity contribution in [3.63, 3.8) is 0 Å². The van der Waals surface area contributed by atoms with E-state index in [1.807, 2.05) is 0 Å². The van der Waals surface area contributed by atoms with Crippen LogP contribution in [-0.2, 0) is 0 Å². The third-order valence-corrected chi connectivity index (χ3v) is 3.53. The van der Waals surface area contributed by atoms with Crippen LogP contribution in [0.1, 0.15) is 79.1 Å². The Morgan fingerprint density at radius 3 is 2.22 bits per heavy atom. The summed E-state index contributed by atoms with van der Waals surface area (Å²) in [5.41, 5.74) is 3.91. The lowest BCUT2D eigenvalue weighted by Gasteiger charge is -2.13. The summed E-state index contributed by atoms with van der Waals surface area (Å²) >= 11 is 0. The molecule has 0 radical (unpaired) electrons. The van der Waals surface area contributed by atoms with Gasteiger partial charge in [0.25, 0.3) is 0 Å². The number of unbranched alkanes of at least 4 members (excludes halogenated alkanes) is 4. The van der Waals surface area contributed by atoms with E-state index in [-0.39, 0.29) is 6.10 Å². The van der Waals surface area contributed by atoms with E-state index >= 15 is 0 Å². The van der Waals surface area contributed by atoms with Gasteiger partial charge in [0.15, 0.2) is 0 Å². The zero-order valence-corrected chi connectivity index (χ0v) is 12.9. The number of hydrogen-bond donors (Lipinski definition) is 1. The van der Waals surface area contributed by atoms with Gasteiger partial charge in [0.1, 0.15) is 0 Å². The highest BCUT2D eigenvalue weighted by atomic mass is 16.3. The zero-order valence-electron chi connectivity index (χ0n) is 12.9. The predicted octanol–water partition coefficient (Wildman–Crippen LogP) is 5.40. The molecule has 0 bridgehead atoms. The van der Waals surface area contributed by atoms with E-state index < -0.39 is 0 Å². The van der Waals surface area contributed by atoms with E-state index in [0.29, 0.717) is 0 Å². The molecule has 0 saturated heterocycles. The quantitative estimate of drug-likeness (QED) is 0.407. The maximum atomic E-state index is 9.95. The molecule has 0 heterocycles. The minimum atomic E-state index is -0.191. The summed E-state index contributed by atoms with van der Waals surface area (Å²) < 4.78 is 0. The lowest BCUT2D eigenvalue weighted by Crippen LogP contribution is -2.07. The number of hydrogen-bond acceptors (Lipinski definition) is 1. The topological polar surface area (TPSA) is 20.2 Å². The first kappa shape index (κ1) is 17.4. The summed E-state index contributed by atoms with van der Waals surface area (Å²) in [5.74, 6) is 0. The van der Waals surface area contributed by atoms with Gasteiger partial charge in [-0.1, -0.05) is 62.3 Å². The summed E-state index contributed by atoms with van der Waals surface area (Å²) in [4.78, 5) is 0. The van der Waals surface area contributed by atoms with Crippen molar-refractivity contribution in [1.29, 1.82) is 0 Å². The molecule has 0 saturated carbocycles. The van der Waals surface area contributed by atoms with Crippen molar-refractivity contribution in [2.24, 2.45) is 0 Å². The van der Waals surface area contributed by atoms with Crippen molar-refractivity contribution in [2.45, 2.75) is 85.2 Å². The van der Waals surface area contributed by atoms with Crippen molar-refractivity contribution in [3.8, 4) is 0 Å². The molecule has 0 rings (SSSR count). The van der Waals surface area contributed by atoms with Crippen molar-refractivity contribution in [1.82, 2.24) is 0 Å². The van der Waals surface area contributed by atoms with Crippen molar-refractivity contribution < 1.29 is 5.11 Å². The van der Waals surface area contributed by atoms with Crippen LogP contribution < -0.4 is 0 Å². The number of aliphatic hydroxyl groups excluding tert-OH is 1. The average Bonchev–Trinajstić information content (AvgIpc) is 2.28. The molecule has 1 atom stereocenters. The third-order valence-electron chi connectivity index (χ3n) is 3.53. The van der Waals surface area contributed by atoms with E-state index in [1.54, 1.807) is 0 Å². The SMILES string of the molecule is C=C(CC(C)=C(C)C)CC(O)CCCCCCC. The fraction of sp³-hybridized carbons (Fsp3) is 0.765. The van der Waals surface area contributed by atoms with Crippen LogP contribution in [0.5, 0.6) is 0 Å². The largest absolute Gasteiger partial charge is 0.393 e. The molecule has 0 aromatic rings. The molecule has 0 amide bonds. The average molecular weight is 252 g/mol. The molecule has 1 unspecified atom stereocenters. The molecule has 1 nitrogen and oxygen atoms in total. The van der Waals surface area contributed by atoms with E-state index in [4.69, 9.17) is 0 Å². The minimum Gasteiger partial charge on any atom is -0.393 e. The maximum Gasteiger partial charge on any atom is 0.0577 e. The first-order valence-corrected chi connectivity index (χ1v) is 7.45. The second kappa shape index (κ2) is 10.4. The van der Waals surface area contributed by atoms with Gasteiger partial charge in [0.05, 0.1) is 6.10 Å². The fourth-order valence-electron chi connectivity index (χ4n) is 2.04. The van der Waals surface area contributed by atoms with Crippen LogP contribution in [-0.4, -0.2) is 11.2 Å². The Kier molecular flexibility index (Phi) is 10.0. The Morgan fingerprint density at radius 2 is 1.67 bits per heavy atom. The van der Waals surface area contributed by atoms with Crippen molar-refractivity contribution in [3.05, 3.63) is 23.3 Å². The molecule has 106 valence electrons. The van der Waals surface area contributed by atoms with Gasteiger partial charge in [0.2, 0.25) is 0 Å². The maximum absolute atomic E-state index is 9.95. The van der Waals surface area contributed by atoms with Gasteiger partial charge in [-0.25, -0.2) is 0 Å². The van der Waals surface area contributed by atoms with Gasteiger partial charge >= 0.3 is 0 Å². The lowest BCUT2D eigenvalue weighted by molar-refractivity contribution is 0.160. The van der Waals surface area contributed by atoms with Gasteiger partial charge in [-0.15, -0.1) is 0 Å². The second-order valence-electron chi connectivity index (χ2n) is 5.77. The molecule has 18 heavy (non-hydrogen) atoms. The summed E-state index contributed by atoms with van der Waals surface area (Å²) in [5, 5.41) is 9.95. The van der Waals surface area contributed by atoms with Crippen LogP contribution in [0.2, 0.25) is 0 Å². The number of aliphatic hydroxyl groups is 1. The van der Waals surface area contributed by atoms with Crippen molar-refractivity contribution in [2.75, 3.05) is 0 Å². The molecule has 1 N–H and O–H groups in total. The van der Waals surface area contributed by atoms with E-state index in [9.17, 15) is 5.11 Å². The monoisotopic (exact) mass is 252 g/mol. The van der Waals surface area contributed by atoms with E-state index in [2.05, 4.69) is 34.3 Å². The fourth-order valence-corrected chi connectivity index (χ4v) is 2.04. The van der Waals surface area contributed by atoms with Gasteiger partial charge in [0, 0.05) is 0 Å². The Labute approximate surface area is 114 Å². The Hall–Kier alpha value is -0.560. The Bertz CT molecular complexity index is 259. The zero-order chi connectivity index (χ0) is 14.0. The van der Waals surface area contributed by atoms with Gasteiger partial charge in [-0.05, 0) is 40.0 Å². The van der Waals surface area contributed by atoms with E-state index in [0.717, 1.165) is 31.3 Å². The summed E-state index contributed by atoms with van der Waals surface area (Å²) in [7, 11) is 0. The van der Waals surface area contributed by atoms with Gasteiger partial charge in [-0.3, -0.25) is 0 Å². The molecular formula is C17H32O. The minimum absolute atomic E-state index is 0.191. The summed E-state index contributed by atoms with van der Waals surface area (Å²) in [6.45, 7) is 12.7. The molecule has 0 aliphatic carbocycles. The Balaban J connectivity index is 3.71. The smallest absolute Gasteiger partial charge is 0.0577 e. The van der Waals surface area contributed by atoms with Crippen LogP contribution in [0.4, 0.5) is 0 Å². The van der Waals surface area contributed by atoms with Crippen LogP contribution in [0, 0.1) is 0 Å². The van der Waals surface area contributed by atoms with E-state index in [1.165, 1.54) is 36.8 Å². The van der Waals surface area contributed by atoms with Crippen LogP contribution in [0.3, 0.4) is 0 Å². The Morgan fingerprint density at radius 1 is 1.06 bits per heavy atom. The molecule has 0 aliphatic rings. The molecule has 0 aliphatic heterocycles. The number of allylic oxidation sites excluding steroid dienone is 2. The predicted molar refractivity (Wildman–Crippen MR) is 81.8 cm³/mol. The van der Waals surface area contributed by atoms with Crippen LogP contribution >= 0.6 is 0 Å². The number of rotatable bonds is 10. The van der Waals surface area contributed by atoms with Gasteiger partial charge < -0.3 is 5.11 Å². The molecule has 0 aromatic heterocycles. The van der Waals surface area contributed by atoms with Crippen LogP contribution in [0.15, 0.2) is 23.3 Å². The summed E-state index contributed by atoms with van der Waals surface area (Å²) in [6, 6.07) is 0. The molecule has 0 fully saturated rings. The standard InChI is InChI=1S/C17H32O/c1-6-7-8-9-10-11-17(18)13-15(4)12-16(5)14(2)3/h17-18H,4,6-13H2,1-3,5H3.